The van der Waals surface area contributed by atoms with Crippen molar-refractivity contribution in [1.82, 2.24) is 5.32 Å². The lowest BCUT2D eigenvalue weighted by molar-refractivity contribution is -0.134. The second-order valence-electron chi connectivity index (χ2n) is 2.83. The third-order valence-electron chi connectivity index (χ3n) is 1.54. The summed E-state index contributed by atoms with van der Waals surface area (Å²) in [4.78, 5) is 21.3. The van der Waals surface area contributed by atoms with Crippen molar-refractivity contribution in [2.75, 3.05) is 13.2 Å². The van der Waals surface area contributed by atoms with Crippen molar-refractivity contribution in [3.05, 3.63) is 0 Å². The van der Waals surface area contributed by atoms with Gasteiger partial charge in [-0.3, -0.25) is 9.59 Å². The Morgan fingerprint density at radius 1 is 1.50 bits per heavy atom. The van der Waals surface area contributed by atoms with Crippen molar-refractivity contribution in [2.45, 2.75) is 12.8 Å². The van der Waals surface area contributed by atoms with Gasteiger partial charge in [-0.05, 0) is 6.92 Å². The van der Waals surface area contributed by atoms with E-state index >= 15 is 0 Å². The molecular formula is C7H11F3N2O2. The molecule has 0 bridgehead atoms. The molecule has 1 unspecified atom stereocenters. The average molecular weight is 212 g/mol. The number of alkyl halides is 3. The molecule has 14 heavy (non-hydrogen) atoms. The number of carbonyl (C=O) groups excluding carboxylic acids is 2. The van der Waals surface area contributed by atoms with E-state index in [1.807, 2.05) is 0 Å². The molecule has 82 valence electrons. The van der Waals surface area contributed by atoms with E-state index in [4.69, 9.17) is 5.73 Å². The molecule has 0 fully saturated rings. The molecule has 0 aromatic heterocycles. The van der Waals surface area contributed by atoms with Crippen molar-refractivity contribution < 1.29 is 22.8 Å². The molecule has 0 aromatic carbocycles. The van der Waals surface area contributed by atoms with Crippen molar-refractivity contribution >= 4 is 11.8 Å². The lowest BCUT2D eigenvalue weighted by Gasteiger charge is -2.14. The highest BCUT2D eigenvalue weighted by atomic mass is 19.3. The van der Waals surface area contributed by atoms with E-state index in [2.05, 4.69) is 0 Å². The lowest BCUT2D eigenvalue weighted by Crippen LogP contribution is -2.43. The van der Waals surface area contributed by atoms with Crippen LogP contribution in [0.2, 0.25) is 0 Å². The minimum absolute atomic E-state index is 0.925. The molecular weight excluding hydrogens is 201 g/mol. The number of rotatable bonds is 5. The fourth-order valence-electron chi connectivity index (χ4n) is 0.546. The molecule has 0 aliphatic rings. The molecule has 0 radical (unpaired) electrons. The van der Waals surface area contributed by atoms with Gasteiger partial charge in [0.2, 0.25) is 11.8 Å². The first-order valence-corrected chi connectivity index (χ1v) is 3.81. The summed E-state index contributed by atoms with van der Waals surface area (Å²) < 4.78 is 36.1. The van der Waals surface area contributed by atoms with Crippen molar-refractivity contribution in [2.24, 2.45) is 11.7 Å². The van der Waals surface area contributed by atoms with Gasteiger partial charge in [-0.2, -0.15) is 0 Å². The van der Waals surface area contributed by atoms with Gasteiger partial charge in [0, 0.05) is 0 Å². The van der Waals surface area contributed by atoms with Crippen LogP contribution < -0.4 is 11.1 Å². The molecule has 2 amide bonds. The Bertz CT molecular complexity index is 233. The van der Waals surface area contributed by atoms with Crippen LogP contribution in [0.4, 0.5) is 13.2 Å². The summed E-state index contributed by atoms with van der Waals surface area (Å²) in [6, 6.07) is 0. The fraction of sp³-hybridized carbons (Fsp3) is 0.714. The van der Waals surface area contributed by atoms with Crippen LogP contribution in [0, 0.1) is 5.92 Å². The van der Waals surface area contributed by atoms with Crippen LogP contribution in [0.25, 0.3) is 0 Å². The van der Waals surface area contributed by atoms with Gasteiger partial charge in [0.05, 0.1) is 6.54 Å². The topological polar surface area (TPSA) is 72.2 Å². The molecule has 0 aromatic rings. The summed E-state index contributed by atoms with van der Waals surface area (Å²) in [7, 11) is 0. The highest BCUT2D eigenvalue weighted by Crippen LogP contribution is 2.12. The van der Waals surface area contributed by atoms with Gasteiger partial charge in [0.25, 0.3) is 5.92 Å². The standard InChI is InChI=1S/C7H11F3N2O2/c1-4(5(11)13)6(14)12-3-7(9,10)2-8/h4H,2-3H2,1H3,(H2,11,13)(H,12,14). The number of halogens is 3. The Labute approximate surface area is 78.6 Å². The van der Waals surface area contributed by atoms with E-state index in [1.54, 1.807) is 5.32 Å². The molecule has 4 nitrogen and oxygen atoms in total. The predicted octanol–water partition coefficient (Wildman–Crippen LogP) is -0.171. The normalized spacial score (nSPS) is 13.4. The molecule has 3 N–H and O–H groups in total. The first-order chi connectivity index (χ1) is 6.30. The second-order valence-corrected chi connectivity index (χ2v) is 2.83. The summed E-state index contributed by atoms with van der Waals surface area (Å²) in [5.74, 6) is -6.67. The van der Waals surface area contributed by atoms with E-state index < -0.39 is 36.9 Å². The molecule has 0 spiro atoms. The zero-order valence-electron chi connectivity index (χ0n) is 7.52. The van der Waals surface area contributed by atoms with Gasteiger partial charge in [0.1, 0.15) is 5.92 Å². The van der Waals surface area contributed by atoms with Crippen LogP contribution in [0.15, 0.2) is 0 Å². The van der Waals surface area contributed by atoms with E-state index in [-0.39, 0.29) is 0 Å². The van der Waals surface area contributed by atoms with Crippen LogP contribution in [-0.2, 0) is 9.59 Å². The highest BCUT2D eigenvalue weighted by Gasteiger charge is 2.30. The van der Waals surface area contributed by atoms with Crippen molar-refractivity contribution in [3.63, 3.8) is 0 Å². The van der Waals surface area contributed by atoms with Crippen LogP contribution in [0.1, 0.15) is 6.92 Å². The molecule has 0 saturated heterocycles. The number of nitrogens with one attached hydrogen (secondary N) is 1. The second kappa shape index (κ2) is 4.83. The third kappa shape index (κ3) is 4.11. The third-order valence-corrected chi connectivity index (χ3v) is 1.54. The Balaban J connectivity index is 4.03. The molecule has 0 saturated carbocycles. The highest BCUT2D eigenvalue weighted by molar-refractivity contribution is 5.99. The number of primary amides is 1. The fourth-order valence-corrected chi connectivity index (χ4v) is 0.546. The number of hydrogen-bond donors (Lipinski definition) is 2. The zero-order chi connectivity index (χ0) is 11.4. The monoisotopic (exact) mass is 212 g/mol. The van der Waals surface area contributed by atoms with Crippen molar-refractivity contribution in [3.8, 4) is 0 Å². The van der Waals surface area contributed by atoms with Crippen LogP contribution in [-0.4, -0.2) is 31.0 Å². The summed E-state index contributed by atoms with van der Waals surface area (Å²) in [5.41, 5.74) is 4.75. The van der Waals surface area contributed by atoms with Crippen molar-refractivity contribution in [1.29, 1.82) is 0 Å². The minimum Gasteiger partial charge on any atom is -0.369 e. The average Bonchev–Trinajstić information content (AvgIpc) is 2.13. The van der Waals surface area contributed by atoms with E-state index in [1.165, 1.54) is 6.92 Å². The van der Waals surface area contributed by atoms with Gasteiger partial charge < -0.3 is 11.1 Å². The van der Waals surface area contributed by atoms with Gasteiger partial charge in [-0.1, -0.05) is 0 Å². The largest absolute Gasteiger partial charge is 0.369 e. The van der Waals surface area contributed by atoms with E-state index in [9.17, 15) is 22.8 Å². The number of nitrogens with two attached hydrogens (primary N) is 1. The van der Waals surface area contributed by atoms with Gasteiger partial charge in [-0.15, -0.1) is 0 Å². The van der Waals surface area contributed by atoms with E-state index in [0.717, 1.165) is 0 Å². The lowest BCUT2D eigenvalue weighted by atomic mass is 10.1. The van der Waals surface area contributed by atoms with Gasteiger partial charge >= 0.3 is 0 Å². The molecule has 0 aliphatic heterocycles. The number of hydrogen-bond acceptors (Lipinski definition) is 2. The zero-order valence-corrected chi connectivity index (χ0v) is 7.52. The first kappa shape index (κ1) is 12.7. The maximum absolute atomic E-state index is 12.3. The Morgan fingerprint density at radius 3 is 2.36 bits per heavy atom. The maximum atomic E-state index is 12.3. The summed E-state index contributed by atoms with van der Waals surface area (Å²) in [5, 5.41) is 1.73. The maximum Gasteiger partial charge on any atom is 0.292 e. The smallest absolute Gasteiger partial charge is 0.292 e. The van der Waals surface area contributed by atoms with Crippen LogP contribution >= 0.6 is 0 Å². The van der Waals surface area contributed by atoms with Gasteiger partial charge in [-0.25, -0.2) is 13.2 Å². The number of carbonyl (C=O) groups is 2. The molecule has 0 heterocycles. The van der Waals surface area contributed by atoms with E-state index in [0.29, 0.717) is 0 Å². The Kier molecular flexibility index (Phi) is 4.39. The summed E-state index contributed by atoms with van der Waals surface area (Å²) >= 11 is 0. The SMILES string of the molecule is CC(C(N)=O)C(=O)NCC(F)(F)CF. The first-order valence-electron chi connectivity index (χ1n) is 3.81. The Morgan fingerprint density at radius 2 is 2.00 bits per heavy atom. The van der Waals surface area contributed by atoms with Gasteiger partial charge in [0.15, 0.2) is 6.67 Å². The molecule has 7 heteroatoms. The molecule has 1 atom stereocenters. The quantitative estimate of drug-likeness (QED) is 0.621. The number of amides is 2. The molecule has 0 aliphatic carbocycles. The van der Waals surface area contributed by atoms with Crippen LogP contribution in [0.3, 0.4) is 0 Å². The summed E-state index contributed by atoms with van der Waals surface area (Å²) in [6.07, 6.45) is 0. The minimum atomic E-state index is -3.60. The summed E-state index contributed by atoms with van der Waals surface area (Å²) in [6.45, 7) is -1.83. The van der Waals surface area contributed by atoms with Crippen LogP contribution in [0.5, 0.6) is 0 Å². The predicted molar refractivity (Wildman–Crippen MR) is 42.3 cm³/mol. The Hall–Kier alpha value is -1.27. The molecule has 0 rings (SSSR count).